The number of alkyl halides is 3. The molecule has 2 aromatic heterocycles. The van der Waals surface area contributed by atoms with Crippen molar-refractivity contribution in [2.75, 3.05) is 0 Å². The number of hydrogen-bond donors (Lipinski definition) is 1. The lowest BCUT2D eigenvalue weighted by atomic mass is 9.86. The zero-order chi connectivity index (χ0) is 29.3. The van der Waals surface area contributed by atoms with Gasteiger partial charge in [-0.05, 0) is 54.8 Å². The van der Waals surface area contributed by atoms with Gasteiger partial charge < -0.3 is 19.1 Å². The maximum Gasteiger partial charge on any atom is 0.416 e. The van der Waals surface area contributed by atoms with Gasteiger partial charge in [-0.1, -0.05) is 19.9 Å². The molecule has 0 radical (unpaired) electrons. The highest BCUT2D eigenvalue weighted by Crippen LogP contribution is 2.41. The number of cyclic esters (lactones) is 1. The summed E-state index contributed by atoms with van der Waals surface area (Å²) in [5, 5.41) is 11.8. The molecule has 4 heterocycles. The third-order valence-corrected chi connectivity index (χ3v) is 7.90. The molecular formula is C30H24F4N2O5. The molecule has 0 saturated heterocycles. The van der Waals surface area contributed by atoms with Crippen LogP contribution in [0.5, 0.6) is 5.75 Å². The van der Waals surface area contributed by atoms with Gasteiger partial charge in [-0.15, -0.1) is 0 Å². The number of rotatable bonds is 5. The zero-order valence-corrected chi connectivity index (χ0v) is 22.1. The molecule has 7 nitrogen and oxygen atoms in total. The zero-order valence-electron chi connectivity index (χ0n) is 22.1. The SMILES string of the molecule is CCc1c2c(nc3ccc(OCc4ccc(F)cc4C(F)(F)F)cc13)-c1cc3c(c(=O)n1C2)COC(=O)C3(O)CC. The molecule has 0 amide bonds. The number of aromatic nitrogens is 2. The molecule has 4 aromatic rings. The number of esters is 1. The van der Waals surface area contributed by atoms with Crippen LogP contribution in [-0.4, -0.2) is 20.6 Å². The van der Waals surface area contributed by atoms with Crippen molar-refractivity contribution >= 4 is 16.9 Å². The largest absolute Gasteiger partial charge is 0.489 e. The Morgan fingerprint density at radius 1 is 1.10 bits per heavy atom. The van der Waals surface area contributed by atoms with Gasteiger partial charge >= 0.3 is 12.1 Å². The highest BCUT2D eigenvalue weighted by atomic mass is 19.4. The lowest BCUT2D eigenvalue weighted by Gasteiger charge is -2.31. The quantitative estimate of drug-likeness (QED) is 0.226. The van der Waals surface area contributed by atoms with Crippen molar-refractivity contribution in [3.8, 4) is 17.1 Å². The summed E-state index contributed by atoms with van der Waals surface area (Å²) in [5.41, 5.74) is 0.146. The molecule has 6 rings (SSSR count). The van der Waals surface area contributed by atoms with Crippen LogP contribution in [0.25, 0.3) is 22.3 Å². The van der Waals surface area contributed by atoms with Crippen LogP contribution in [0.3, 0.4) is 0 Å². The lowest BCUT2D eigenvalue weighted by Crippen LogP contribution is -2.44. The molecule has 0 aliphatic carbocycles. The summed E-state index contributed by atoms with van der Waals surface area (Å²) in [6.07, 6.45) is -4.14. The number of carbonyl (C=O) groups excluding carboxylic acids is 1. The normalized spacial score (nSPS) is 17.7. The Balaban J connectivity index is 1.41. The maximum atomic E-state index is 13.5. The van der Waals surface area contributed by atoms with Gasteiger partial charge in [-0.25, -0.2) is 14.2 Å². The summed E-state index contributed by atoms with van der Waals surface area (Å²) >= 11 is 0. The number of ether oxygens (including phenoxy) is 2. The Morgan fingerprint density at radius 3 is 2.59 bits per heavy atom. The Bertz CT molecular complexity index is 1810. The summed E-state index contributed by atoms with van der Waals surface area (Å²) in [7, 11) is 0. The summed E-state index contributed by atoms with van der Waals surface area (Å²) in [5.74, 6) is -1.48. The van der Waals surface area contributed by atoms with Crippen LogP contribution in [-0.2, 0) is 47.5 Å². The van der Waals surface area contributed by atoms with E-state index in [1.165, 1.54) is 0 Å². The van der Waals surface area contributed by atoms with E-state index in [0.717, 1.165) is 23.3 Å². The number of aryl methyl sites for hydroxylation is 1. The molecule has 41 heavy (non-hydrogen) atoms. The minimum absolute atomic E-state index is 0.0328. The molecule has 2 aliphatic rings. The summed E-state index contributed by atoms with van der Waals surface area (Å²) in [6.45, 7) is 3.14. The molecule has 1 unspecified atom stereocenters. The van der Waals surface area contributed by atoms with Gasteiger partial charge in [-0.3, -0.25) is 4.79 Å². The third kappa shape index (κ3) is 4.18. The molecule has 1 atom stereocenters. The van der Waals surface area contributed by atoms with Crippen molar-refractivity contribution in [3.63, 3.8) is 0 Å². The predicted octanol–water partition coefficient (Wildman–Crippen LogP) is 5.38. The number of nitrogens with zero attached hydrogens (tertiary/aromatic N) is 2. The van der Waals surface area contributed by atoms with Gasteiger partial charge in [0.25, 0.3) is 5.56 Å². The lowest BCUT2D eigenvalue weighted by molar-refractivity contribution is -0.172. The highest BCUT2D eigenvalue weighted by Gasteiger charge is 2.45. The molecule has 2 aromatic carbocycles. The van der Waals surface area contributed by atoms with Crippen molar-refractivity contribution in [2.45, 2.75) is 58.2 Å². The fraction of sp³-hybridized carbons (Fsp3) is 0.300. The minimum Gasteiger partial charge on any atom is -0.489 e. The standard InChI is InChI=1S/C30H24F4N2O5/c1-3-18-19-10-17(40-13-15-5-6-16(31)9-22(15)30(32,33)34)7-8-24(19)35-26-20(18)12-36-25(26)11-23-21(27(36)37)14-41-28(38)29(23,39)4-2/h5-11,39H,3-4,12-14H2,1-2H3. The third-order valence-electron chi connectivity index (χ3n) is 7.90. The molecule has 0 bridgehead atoms. The molecule has 0 saturated carbocycles. The van der Waals surface area contributed by atoms with Crippen molar-refractivity contribution in [1.82, 2.24) is 9.55 Å². The van der Waals surface area contributed by atoms with Crippen molar-refractivity contribution in [1.29, 1.82) is 0 Å². The first-order valence-corrected chi connectivity index (χ1v) is 13.1. The second-order valence-electron chi connectivity index (χ2n) is 10.1. The average molecular weight is 569 g/mol. The molecule has 11 heteroatoms. The van der Waals surface area contributed by atoms with Gasteiger partial charge in [0.2, 0.25) is 0 Å². The molecule has 2 aliphatic heterocycles. The van der Waals surface area contributed by atoms with Gasteiger partial charge in [0.15, 0.2) is 5.60 Å². The van der Waals surface area contributed by atoms with Gasteiger partial charge in [0.05, 0.1) is 34.6 Å². The Labute approximate surface area is 231 Å². The number of hydrogen-bond acceptors (Lipinski definition) is 6. The average Bonchev–Trinajstić information content (AvgIpc) is 3.31. The van der Waals surface area contributed by atoms with E-state index in [4.69, 9.17) is 14.5 Å². The molecule has 1 N–H and O–H groups in total. The molecule has 212 valence electrons. The number of aliphatic hydroxyl groups is 1. The minimum atomic E-state index is -4.73. The summed E-state index contributed by atoms with van der Waals surface area (Å²) in [6, 6.07) is 9.05. The summed E-state index contributed by atoms with van der Waals surface area (Å²) < 4.78 is 66.1. The number of pyridine rings is 2. The fourth-order valence-corrected chi connectivity index (χ4v) is 5.73. The van der Waals surface area contributed by atoms with Crippen LogP contribution in [0.1, 0.15) is 53.6 Å². The second kappa shape index (κ2) is 9.41. The van der Waals surface area contributed by atoms with Crippen LogP contribution < -0.4 is 10.3 Å². The van der Waals surface area contributed by atoms with Crippen LogP contribution in [0.15, 0.2) is 47.3 Å². The monoisotopic (exact) mass is 568 g/mol. The van der Waals surface area contributed by atoms with E-state index in [-0.39, 0.29) is 41.8 Å². The topological polar surface area (TPSA) is 90.6 Å². The van der Waals surface area contributed by atoms with E-state index in [0.29, 0.717) is 40.5 Å². The van der Waals surface area contributed by atoms with Gasteiger partial charge in [0, 0.05) is 22.1 Å². The van der Waals surface area contributed by atoms with E-state index >= 15 is 0 Å². The first kappa shape index (κ1) is 26.9. The molecular weight excluding hydrogens is 544 g/mol. The first-order chi connectivity index (χ1) is 19.5. The number of fused-ring (bicyclic) bond motifs is 5. The number of halogens is 4. The first-order valence-electron chi connectivity index (χ1n) is 13.1. The Kier molecular flexibility index (Phi) is 6.18. The number of carbonyl (C=O) groups is 1. The second-order valence-corrected chi connectivity index (χ2v) is 10.1. The van der Waals surface area contributed by atoms with Crippen molar-refractivity contribution in [2.24, 2.45) is 0 Å². The fourth-order valence-electron chi connectivity index (χ4n) is 5.73. The predicted molar refractivity (Wildman–Crippen MR) is 140 cm³/mol. The van der Waals surface area contributed by atoms with E-state index in [1.807, 2.05) is 6.92 Å². The smallest absolute Gasteiger partial charge is 0.416 e. The van der Waals surface area contributed by atoms with Crippen LogP contribution in [0, 0.1) is 5.82 Å². The van der Waals surface area contributed by atoms with E-state index in [2.05, 4.69) is 0 Å². The Morgan fingerprint density at radius 2 is 1.88 bits per heavy atom. The molecule has 0 spiro atoms. The maximum absolute atomic E-state index is 13.5. The molecule has 0 fully saturated rings. The van der Waals surface area contributed by atoms with Crippen LogP contribution >= 0.6 is 0 Å². The van der Waals surface area contributed by atoms with E-state index in [9.17, 15) is 32.3 Å². The van der Waals surface area contributed by atoms with E-state index < -0.39 is 35.7 Å². The van der Waals surface area contributed by atoms with Crippen molar-refractivity contribution < 1.29 is 36.9 Å². The Hall–Kier alpha value is -4.25. The number of benzene rings is 2. The van der Waals surface area contributed by atoms with Gasteiger partial charge in [-0.2, -0.15) is 13.2 Å². The van der Waals surface area contributed by atoms with Gasteiger partial charge in [0.1, 0.15) is 24.8 Å². The van der Waals surface area contributed by atoms with E-state index in [1.54, 1.807) is 35.8 Å². The highest BCUT2D eigenvalue weighted by molar-refractivity contribution is 5.90. The summed E-state index contributed by atoms with van der Waals surface area (Å²) in [4.78, 5) is 30.7. The van der Waals surface area contributed by atoms with Crippen LogP contribution in [0.4, 0.5) is 17.6 Å². The van der Waals surface area contributed by atoms with Crippen molar-refractivity contribution in [3.05, 3.63) is 92.0 Å². The van der Waals surface area contributed by atoms with Crippen LogP contribution in [0.2, 0.25) is 0 Å².